The third-order valence-electron chi connectivity index (χ3n) is 8.13. The SMILES string of the molecule is COC(=O)C1=C(CN2CC[C@]3(F)C(=O)N(c4cccc(C(=O)O)c4)C[C@@H]3C2)NC(c2nccs2)=N[C@H]1c1ccc(F)cc1Br. The van der Waals surface area contributed by atoms with Crippen molar-refractivity contribution in [1.29, 1.82) is 0 Å². The van der Waals surface area contributed by atoms with Crippen LogP contribution >= 0.6 is 27.3 Å². The largest absolute Gasteiger partial charge is 0.478 e. The Labute approximate surface area is 263 Å². The number of rotatable bonds is 7. The fourth-order valence-electron chi connectivity index (χ4n) is 5.95. The number of aliphatic imine (C=N–C) groups is 1. The highest BCUT2D eigenvalue weighted by Gasteiger charge is 2.57. The van der Waals surface area contributed by atoms with Crippen LogP contribution < -0.4 is 10.2 Å². The minimum atomic E-state index is -2.11. The third-order valence-corrected chi connectivity index (χ3v) is 9.60. The molecule has 3 aromatic rings. The van der Waals surface area contributed by atoms with Crippen molar-refractivity contribution in [2.24, 2.45) is 10.9 Å². The van der Waals surface area contributed by atoms with Crippen molar-refractivity contribution in [2.75, 3.05) is 38.2 Å². The number of benzene rings is 2. The van der Waals surface area contributed by atoms with Crippen LogP contribution in [0.5, 0.6) is 0 Å². The topological polar surface area (TPSA) is 124 Å². The first-order valence-electron chi connectivity index (χ1n) is 13.7. The van der Waals surface area contributed by atoms with Gasteiger partial charge in [0.05, 0.1) is 18.2 Å². The zero-order chi connectivity index (χ0) is 31.2. The number of halogens is 3. The molecule has 4 heterocycles. The molecule has 6 rings (SSSR count). The van der Waals surface area contributed by atoms with E-state index in [1.807, 2.05) is 4.90 Å². The number of nitrogens with zero attached hydrogens (tertiary/aromatic N) is 4. The molecule has 14 heteroatoms. The second-order valence-electron chi connectivity index (χ2n) is 10.7. The Balaban J connectivity index is 1.32. The van der Waals surface area contributed by atoms with E-state index in [-0.39, 0.29) is 43.7 Å². The number of carboxylic acid groups (broad SMARTS) is 1. The van der Waals surface area contributed by atoms with Crippen molar-refractivity contribution in [3.63, 3.8) is 0 Å². The zero-order valence-corrected chi connectivity index (χ0v) is 25.7. The van der Waals surface area contributed by atoms with Gasteiger partial charge in [-0.05, 0) is 35.9 Å². The maximum absolute atomic E-state index is 16.3. The molecule has 1 aromatic heterocycles. The molecule has 3 atom stereocenters. The van der Waals surface area contributed by atoms with Crippen LogP contribution in [-0.2, 0) is 14.3 Å². The summed E-state index contributed by atoms with van der Waals surface area (Å²) < 4.78 is 35.8. The number of amidine groups is 1. The molecule has 1 amide bonds. The molecule has 10 nitrogen and oxygen atoms in total. The Bertz CT molecular complexity index is 1720. The number of carbonyl (C=O) groups excluding carboxylic acids is 2. The van der Waals surface area contributed by atoms with Crippen LogP contribution in [0.4, 0.5) is 14.5 Å². The average molecular weight is 687 g/mol. The van der Waals surface area contributed by atoms with Gasteiger partial charge in [0.15, 0.2) is 16.5 Å². The molecule has 0 bridgehead atoms. The number of aromatic carboxylic acids is 1. The van der Waals surface area contributed by atoms with Crippen LogP contribution in [-0.4, -0.2) is 77.6 Å². The highest BCUT2D eigenvalue weighted by atomic mass is 79.9. The molecule has 2 aromatic carbocycles. The fraction of sp³-hybridized carbons (Fsp3) is 0.300. The van der Waals surface area contributed by atoms with Gasteiger partial charge in [-0.15, -0.1) is 11.3 Å². The van der Waals surface area contributed by atoms with Gasteiger partial charge >= 0.3 is 11.9 Å². The van der Waals surface area contributed by atoms with Crippen LogP contribution in [0.1, 0.15) is 33.4 Å². The lowest BCUT2D eigenvalue weighted by molar-refractivity contribution is -0.136. The van der Waals surface area contributed by atoms with E-state index in [4.69, 9.17) is 9.73 Å². The van der Waals surface area contributed by atoms with E-state index >= 15 is 4.39 Å². The van der Waals surface area contributed by atoms with Gasteiger partial charge in [-0.3, -0.25) is 14.7 Å². The van der Waals surface area contributed by atoms with Crippen molar-refractivity contribution in [3.05, 3.63) is 91.7 Å². The number of likely N-dealkylation sites (tertiary alicyclic amines) is 1. The summed E-state index contributed by atoms with van der Waals surface area (Å²) in [6, 6.07) is 9.18. The van der Waals surface area contributed by atoms with Gasteiger partial charge in [-0.25, -0.2) is 23.4 Å². The molecule has 0 saturated carbocycles. The molecule has 0 radical (unpaired) electrons. The average Bonchev–Trinajstić information content (AvgIpc) is 3.64. The zero-order valence-electron chi connectivity index (χ0n) is 23.3. The van der Waals surface area contributed by atoms with Crippen LogP contribution in [0.3, 0.4) is 0 Å². The molecule has 0 unspecified atom stereocenters. The van der Waals surface area contributed by atoms with Crippen molar-refractivity contribution in [1.82, 2.24) is 15.2 Å². The second-order valence-corrected chi connectivity index (χ2v) is 12.5. The Kier molecular flexibility index (Phi) is 8.07. The molecule has 3 aliphatic rings. The monoisotopic (exact) mass is 685 g/mol. The molecule has 228 valence electrons. The Morgan fingerprint density at radius 1 is 1.25 bits per heavy atom. The minimum absolute atomic E-state index is 0.00500. The van der Waals surface area contributed by atoms with Gasteiger partial charge in [0, 0.05) is 66.0 Å². The molecule has 2 saturated heterocycles. The smallest absolute Gasteiger partial charge is 0.338 e. The molecule has 3 aliphatic heterocycles. The molecule has 44 heavy (non-hydrogen) atoms. The van der Waals surface area contributed by atoms with Crippen molar-refractivity contribution >= 4 is 56.6 Å². The number of thiazole rings is 1. The van der Waals surface area contributed by atoms with Crippen molar-refractivity contribution < 1.29 is 33.0 Å². The van der Waals surface area contributed by atoms with Crippen LogP contribution in [0, 0.1) is 11.7 Å². The summed E-state index contributed by atoms with van der Waals surface area (Å²) in [6.07, 6.45) is 1.56. The standard InChI is InChI=1S/C30H26BrF2N5O5S/c1-43-28(41)23-22(35-25(26-34-8-10-44-26)36-24(23)20-6-5-18(32)12-21(20)31)15-37-9-7-30(33)17(13-37)14-38(29(30)42)19-4-2-3-16(11-19)27(39)40/h2-6,8,10-12,17,24H,7,9,13-15H2,1H3,(H,35,36)(H,39,40)/t17-,24-,30+/m0/s1. The van der Waals surface area contributed by atoms with E-state index in [0.29, 0.717) is 32.3 Å². The number of fused-ring (bicyclic) bond motifs is 1. The van der Waals surface area contributed by atoms with E-state index in [2.05, 4.69) is 26.2 Å². The second kappa shape index (κ2) is 11.8. The van der Waals surface area contributed by atoms with E-state index in [1.165, 1.54) is 53.7 Å². The first-order chi connectivity index (χ1) is 21.1. The minimum Gasteiger partial charge on any atom is -0.478 e. The normalized spacial score (nSPS) is 23.7. The first-order valence-corrected chi connectivity index (χ1v) is 15.3. The summed E-state index contributed by atoms with van der Waals surface area (Å²) in [7, 11) is 1.26. The number of anilines is 1. The lowest BCUT2D eigenvalue weighted by Gasteiger charge is -2.38. The van der Waals surface area contributed by atoms with E-state index in [1.54, 1.807) is 23.7 Å². The van der Waals surface area contributed by atoms with Gasteiger partial charge in [0.25, 0.3) is 5.91 Å². The summed E-state index contributed by atoms with van der Waals surface area (Å²) in [5.41, 5.74) is -0.543. The van der Waals surface area contributed by atoms with Gasteiger partial charge in [0.1, 0.15) is 11.9 Å². The van der Waals surface area contributed by atoms with E-state index in [9.17, 15) is 23.9 Å². The van der Waals surface area contributed by atoms with Crippen LogP contribution in [0.25, 0.3) is 0 Å². The molecule has 2 N–H and O–H groups in total. The van der Waals surface area contributed by atoms with Gasteiger partial charge in [-0.1, -0.05) is 28.1 Å². The van der Waals surface area contributed by atoms with Gasteiger partial charge < -0.3 is 20.1 Å². The first kappa shape index (κ1) is 30.0. The van der Waals surface area contributed by atoms with Gasteiger partial charge in [0.2, 0.25) is 0 Å². The number of carboxylic acids is 1. The van der Waals surface area contributed by atoms with Crippen LogP contribution in [0.15, 0.2) is 74.8 Å². The lowest BCUT2D eigenvalue weighted by Crippen LogP contribution is -2.52. The number of piperidine rings is 1. The van der Waals surface area contributed by atoms with Gasteiger partial charge in [-0.2, -0.15) is 0 Å². The summed E-state index contributed by atoms with van der Waals surface area (Å²) >= 11 is 4.76. The van der Waals surface area contributed by atoms with Crippen molar-refractivity contribution in [3.8, 4) is 0 Å². The predicted octanol–water partition coefficient (Wildman–Crippen LogP) is 4.34. The Morgan fingerprint density at radius 3 is 2.77 bits per heavy atom. The highest BCUT2D eigenvalue weighted by molar-refractivity contribution is 9.10. The number of hydrogen-bond acceptors (Lipinski definition) is 9. The number of alkyl halides is 1. The number of ether oxygens (including phenoxy) is 1. The number of methoxy groups -OCH3 is 1. The number of hydrogen-bond donors (Lipinski definition) is 2. The third kappa shape index (κ3) is 5.41. The summed E-state index contributed by atoms with van der Waals surface area (Å²) in [6.45, 7) is 0.670. The molecule has 2 fully saturated rings. The number of esters is 1. The molecular formula is C30H26BrF2N5O5S. The predicted molar refractivity (Wildman–Crippen MR) is 162 cm³/mol. The summed E-state index contributed by atoms with van der Waals surface area (Å²) in [5, 5.41) is 15.0. The lowest BCUT2D eigenvalue weighted by atomic mass is 9.85. The van der Waals surface area contributed by atoms with E-state index < -0.39 is 41.3 Å². The Hall–Kier alpha value is -4.01. The number of aromatic nitrogens is 1. The van der Waals surface area contributed by atoms with E-state index in [0.717, 1.165) is 0 Å². The number of carbonyl (C=O) groups is 3. The van der Waals surface area contributed by atoms with Crippen LogP contribution in [0.2, 0.25) is 0 Å². The summed E-state index contributed by atoms with van der Waals surface area (Å²) in [5.74, 6) is -3.19. The molecule has 0 aliphatic carbocycles. The highest BCUT2D eigenvalue weighted by Crippen LogP contribution is 2.43. The summed E-state index contributed by atoms with van der Waals surface area (Å²) in [4.78, 5) is 50.5. The quantitative estimate of drug-likeness (QED) is 0.352. The van der Waals surface area contributed by atoms with Crippen molar-refractivity contribution in [2.45, 2.75) is 18.1 Å². The fourth-order valence-corrected chi connectivity index (χ4v) is 7.10. The maximum Gasteiger partial charge on any atom is 0.338 e. The number of amides is 1. The number of nitrogens with one attached hydrogen (secondary N) is 1. The Morgan fingerprint density at radius 2 is 2.07 bits per heavy atom. The maximum atomic E-state index is 16.3. The molecule has 0 spiro atoms. The molecular weight excluding hydrogens is 660 g/mol.